The van der Waals surface area contributed by atoms with Gasteiger partial charge >= 0.3 is 0 Å². The number of oxime groups is 1. The minimum absolute atomic E-state index is 0.000694. The zero-order valence-corrected chi connectivity index (χ0v) is 12.3. The molecule has 0 aromatic heterocycles. The minimum atomic E-state index is -0.876. The van der Waals surface area contributed by atoms with E-state index in [0.717, 1.165) is 19.5 Å². The van der Waals surface area contributed by atoms with Gasteiger partial charge in [-0.3, -0.25) is 4.79 Å². The number of carbonyl (C=O) groups is 1. The Morgan fingerprint density at radius 3 is 2.60 bits per heavy atom. The smallest absolute Gasteiger partial charge is 0.236 e. The summed E-state index contributed by atoms with van der Waals surface area (Å²) >= 11 is 0. The number of nitrogens with two attached hydrogens (primary N) is 1. The summed E-state index contributed by atoms with van der Waals surface area (Å²) in [4.78, 5) is 14.8. The van der Waals surface area contributed by atoms with Crippen molar-refractivity contribution in [2.24, 2.45) is 28.1 Å². The van der Waals surface area contributed by atoms with Crippen LogP contribution in [0.4, 0.5) is 0 Å². The molecular weight excluding hydrogens is 258 g/mol. The fourth-order valence-corrected chi connectivity index (χ4v) is 3.21. The summed E-state index contributed by atoms with van der Waals surface area (Å²) in [5, 5.41) is 12.2. The van der Waals surface area contributed by atoms with Crippen LogP contribution in [0, 0.1) is 17.3 Å². The lowest BCUT2D eigenvalue weighted by molar-refractivity contribution is -0.141. The molecule has 114 valence electrons. The second kappa shape index (κ2) is 5.99. The standard InChI is InChI=1S/C14H25N3O3/c1-10(2)11-3-6-17(9-11)13(18)14(12(15)16-19)4-7-20-8-5-14/h10-11,19H,3-9H2,1-2H3,(H2,15,16). The lowest BCUT2D eigenvalue weighted by Crippen LogP contribution is -2.53. The van der Waals surface area contributed by atoms with Gasteiger partial charge in [-0.2, -0.15) is 0 Å². The molecule has 1 unspecified atom stereocenters. The van der Waals surface area contributed by atoms with Gasteiger partial charge in [-0.25, -0.2) is 0 Å². The number of hydrogen-bond acceptors (Lipinski definition) is 4. The lowest BCUT2D eigenvalue weighted by atomic mass is 9.77. The van der Waals surface area contributed by atoms with Crippen LogP contribution in [-0.2, 0) is 9.53 Å². The highest BCUT2D eigenvalue weighted by Gasteiger charge is 2.48. The Kier molecular flexibility index (Phi) is 4.52. The van der Waals surface area contributed by atoms with Gasteiger partial charge in [0.05, 0.1) is 0 Å². The molecule has 2 heterocycles. The van der Waals surface area contributed by atoms with Crippen LogP contribution in [0.2, 0.25) is 0 Å². The van der Waals surface area contributed by atoms with Crippen LogP contribution in [0.25, 0.3) is 0 Å². The third-order valence-electron chi connectivity index (χ3n) is 4.81. The molecule has 20 heavy (non-hydrogen) atoms. The molecule has 0 bridgehead atoms. The summed E-state index contributed by atoms with van der Waals surface area (Å²) in [6.45, 7) is 6.87. The fourth-order valence-electron chi connectivity index (χ4n) is 3.21. The average Bonchev–Trinajstić information content (AvgIpc) is 2.96. The molecule has 1 atom stereocenters. The number of likely N-dealkylation sites (tertiary alicyclic amines) is 1. The van der Waals surface area contributed by atoms with E-state index in [1.54, 1.807) is 0 Å². The third-order valence-corrected chi connectivity index (χ3v) is 4.81. The Bertz CT molecular complexity index is 389. The van der Waals surface area contributed by atoms with Crippen molar-refractivity contribution < 1.29 is 14.7 Å². The van der Waals surface area contributed by atoms with Crippen molar-refractivity contribution >= 4 is 11.7 Å². The Balaban J connectivity index is 2.16. The molecule has 2 aliphatic heterocycles. The zero-order valence-electron chi connectivity index (χ0n) is 12.3. The molecule has 0 saturated carbocycles. The quantitative estimate of drug-likeness (QED) is 0.350. The van der Waals surface area contributed by atoms with Gasteiger partial charge in [0, 0.05) is 26.3 Å². The van der Waals surface area contributed by atoms with E-state index in [4.69, 9.17) is 15.7 Å². The monoisotopic (exact) mass is 283 g/mol. The Labute approximate surface area is 119 Å². The summed E-state index contributed by atoms with van der Waals surface area (Å²) in [6, 6.07) is 0. The first-order valence-corrected chi connectivity index (χ1v) is 7.36. The SMILES string of the molecule is CC(C)C1CCN(C(=O)C2(C(N)=NO)CCOCC2)C1. The Morgan fingerprint density at radius 1 is 1.45 bits per heavy atom. The molecule has 2 fully saturated rings. The average molecular weight is 283 g/mol. The molecule has 1 amide bonds. The van der Waals surface area contributed by atoms with Crippen LogP contribution in [0.15, 0.2) is 5.16 Å². The van der Waals surface area contributed by atoms with E-state index in [0.29, 0.717) is 37.9 Å². The van der Waals surface area contributed by atoms with Crippen molar-refractivity contribution in [3.05, 3.63) is 0 Å². The van der Waals surface area contributed by atoms with Crippen LogP contribution >= 0.6 is 0 Å². The van der Waals surface area contributed by atoms with Crippen LogP contribution in [0.1, 0.15) is 33.1 Å². The van der Waals surface area contributed by atoms with Gasteiger partial charge in [-0.1, -0.05) is 19.0 Å². The molecule has 0 spiro atoms. The van der Waals surface area contributed by atoms with Crippen LogP contribution in [-0.4, -0.2) is 48.2 Å². The van der Waals surface area contributed by atoms with Crippen molar-refractivity contribution in [1.82, 2.24) is 4.90 Å². The summed E-state index contributed by atoms with van der Waals surface area (Å²) in [5.41, 5.74) is 4.97. The predicted molar refractivity (Wildman–Crippen MR) is 75.4 cm³/mol. The number of hydrogen-bond donors (Lipinski definition) is 2. The molecule has 0 aliphatic carbocycles. The predicted octanol–water partition coefficient (Wildman–Crippen LogP) is 1.03. The van der Waals surface area contributed by atoms with E-state index in [-0.39, 0.29) is 11.7 Å². The molecule has 2 rings (SSSR count). The maximum atomic E-state index is 12.9. The maximum Gasteiger partial charge on any atom is 0.236 e. The number of carbonyl (C=O) groups excluding carboxylic acids is 1. The second-order valence-electron chi connectivity index (χ2n) is 6.22. The zero-order chi connectivity index (χ0) is 14.8. The van der Waals surface area contributed by atoms with Crippen molar-refractivity contribution in [3.63, 3.8) is 0 Å². The van der Waals surface area contributed by atoms with Crippen molar-refractivity contribution in [2.45, 2.75) is 33.1 Å². The maximum absolute atomic E-state index is 12.9. The normalized spacial score (nSPS) is 27.1. The molecular formula is C14H25N3O3. The first-order chi connectivity index (χ1) is 9.51. The number of amides is 1. The van der Waals surface area contributed by atoms with Crippen LogP contribution in [0.3, 0.4) is 0 Å². The fraction of sp³-hybridized carbons (Fsp3) is 0.857. The molecule has 6 nitrogen and oxygen atoms in total. The number of rotatable bonds is 3. The minimum Gasteiger partial charge on any atom is -0.409 e. The van der Waals surface area contributed by atoms with Gasteiger partial charge in [-0.15, -0.1) is 0 Å². The molecule has 2 saturated heterocycles. The highest BCUT2D eigenvalue weighted by molar-refractivity contribution is 6.06. The van der Waals surface area contributed by atoms with E-state index < -0.39 is 5.41 Å². The number of amidine groups is 1. The van der Waals surface area contributed by atoms with Gasteiger partial charge in [0.1, 0.15) is 5.41 Å². The topological polar surface area (TPSA) is 88.2 Å². The van der Waals surface area contributed by atoms with E-state index in [1.807, 2.05) is 4.90 Å². The van der Waals surface area contributed by atoms with Gasteiger partial charge in [0.2, 0.25) is 5.91 Å². The van der Waals surface area contributed by atoms with E-state index in [2.05, 4.69) is 19.0 Å². The van der Waals surface area contributed by atoms with Gasteiger partial charge in [0.15, 0.2) is 5.84 Å². The molecule has 6 heteroatoms. The third kappa shape index (κ3) is 2.61. The summed E-state index contributed by atoms with van der Waals surface area (Å²) < 4.78 is 5.33. The molecule has 0 aromatic rings. The molecule has 0 aromatic carbocycles. The highest BCUT2D eigenvalue weighted by atomic mass is 16.5. The summed E-state index contributed by atoms with van der Waals surface area (Å²) in [7, 11) is 0. The van der Waals surface area contributed by atoms with E-state index in [9.17, 15) is 4.79 Å². The first-order valence-electron chi connectivity index (χ1n) is 7.36. The molecule has 2 aliphatic rings. The molecule has 0 radical (unpaired) electrons. The van der Waals surface area contributed by atoms with Crippen LogP contribution < -0.4 is 5.73 Å². The second-order valence-corrected chi connectivity index (χ2v) is 6.22. The van der Waals surface area contributed by atoms with Crippen LogP contribution in [0.5, 0.6) is 0 Å². The van der Waals surface area contributed by atoms with Crippen molar-refractivity contribution in [1.29, 1.82) is 0 Å². The Morgan fingerprint density at radius 2 is 2.10 bits per heavy atom. The van der Waals surface area contributed by atoms with Gasteiger partial charge < -0.3 is 20.6 Å². The van der Waals surface area contributed by atoms with Crippen molar-refractivity contribution in [2.75, 3.05) is 26.3 Å². The van der Waals surface area contributed by atoms with Gasteiger partial charge in [0.25, 0.3) is 0 Å². The highest BCUT2D eigenvalue weighted by Crippen LogP contribution is 2.35. The number of ether oxygens (including phenoxy) is 1. The lowest BCUT2D eigenvalue weighted by Gasteiger charge is -2.37. The van der Waals surface area contributed by atoms with Gasteiger partial charge in [-0.05, 0) is 31.1 Å². The summed E-state index contributed by atoms with van der Waals surface area (Å²) in [6.07, 6.45) is 2.02. The summed E-state index contributed by atoms with van der Waals surface area (Å²) in [5.74, 6) is 1.14. The largest absolute Gasteiger partial charge is 0.409 e. The van der Waals surface area contributed by atoms with E-state index >= 15 is 0 Å². The van der Waals surface area contributed by atoms with E-state index in [1.165, 1.54) is 0 Å². The Hall–Kier alpha value is -1.30. The number of nitrogens with zero attached hydrogens (tertiary/aromatic N) is 2. The first kappa shape index (κ1) is 15.1. The van der Waals surface area contributed by atoms with Crippen molar-refractivity contribution in [3.8, 4) is 0 Å². The molecule has 3 N–H and O–H groups in total.